The molecular weight excluding hydrogens is 257 g/mol. The second kappa shape index (κ2) is 4.56. The minimum absolute atomic E-state index is 0.185. The number of hydrogen-bond acceptors (Lipinski definition) is 3. The van der Waals surface area contributed by atoms with E-state index in [-0.39, 0.29) is 6.04 Å². The lowest BCUT2D eigenvalue weighted by molar-refractivity contribution is -0.137. The number of imidazole rings is 1. The molecule has 102 valence electrons. The Kier molecular flexibility index (Phi) is 3.21. The molecule has 4 nitrogen and oxygen atoms in total. The van der Waals surface area contributed by atoms with Gasteiger partial charge in [-0.2, -0.15) is 13.2 Å². The molecule has 0 fully saturated rings. The fourth-order valence-electron chi connectivity index (χ4n) is 1.61. The molecule has 2 rings (SSSR count). The summed E-state index contributed by atoms with van der Waals surface area (Å²) in [7, 11) is 0. The molecule has 2 aromatic heterocycles. The molecule has 0 spiro atoms. The van der Waals surface area contributed by atoms with Crippen molar-refractivity contribution in [1.82, 2.24) is 14.5 Å². The van der Waals surface area contributed by atoms with Crippen molar-refractivity contribution in [1.29, 1.82) is 0 Å². The summed E-state index contributed by atoms with van der Waals surface area (Å²) in [5.41, 5.74) is 5.04. The van der Waals surface area contributed by atoms with Gasteiger partial charge in [-0.1, -0.05) is 0 Å². The summed E-state index contributed by atoms with van der Waals surface area (Å²) in [6.45, 7) is 3.90. The highest BCUT2D eigenvalue weighted by atomic mass is 19.4. The van der Waals surface area contributed by atoms with Gasteiger partial charge in [0.15, 0.2) is 0 Å². The van der Waals surface area contributed by atoms with Gasteiger partial charge in [-0.25, -0.2) is 9.97 Å². The molecule has 2 heterocycles. The Bertz CT molecular complexity index is 587. The summed E-state index contributed by atoms with van der Waals surface area (Å²) in [5, 5.41) is 0. The van der Waals surface area contributed by atoms with E-state index in [4.69, 9.17) is 5.73 Å². The molecule has 0 radical (unpaired) electrons. The molecule has 0 amide bonds. The van der Waals surface area contributed by atoms with Crippen molar-refractivity contribution in [2.75, 3.05) is 5.73 Å². The van der Waals surface area contributed by atoms with E-state index >= 15 is 0 Å². The van der Waals surface area contributed by atoms with Crippen molar-refractivity contribution >= 4 is 5.82 Å². The van der Waals surface area contributed by atoms with Gasteiger partial charge < -0.3 is 10.3 Å². The van der Waals surface area contributed by atoms with E-state index in [0.29, 0.717) is 11.3 Å². The van der Waals surface area contributed by atoms with E-state index in [1.54, 1.807) is 17.1 Å². The van der Waals surface area contributed by atoms with Crippen LogP contribution in [-0.2, 0) is 6.18 Å². The van der Waals surface area contributed by atoms with Gasteiger partial charge in [-0.15, -0.1) is 0 Å². The summed E-state index contributed by atoms with van der Waals surface area (Å²) < 4.78 is 40.0. The Labute approximate surface area is 108 Å². The normalized spacial score (nSPS) is 12.1. The molecule has 0 unspecified atom stereocenters. The predicted octanol–water partition coefficient (Wildman–Crippen LogP) is 3.13. The molecule has 0 saturated heterocycles. The summed E-state index contributed by atoms with van der Waals surface area (Å²) >= 11 is 0. The Balaban J connectivity index is 2.45. The Morgan fingerprint density at radius 3 is 2.47 bits per heavy atom. The first kappa shape index (κ1) is 13.4. The molecule has 2 aromatic rings. The SMILES string of the molecule is CC(C)n1cnc(-c2cnc(N)c(C(F)(F)F)c2)c1. The van der Waals surface area contributed by atoms with Crippen molar-refractivity contribution in [3.8, 4) is 11.3 Å². The largest absolute Gasteiger partial charge is 0.419 e. The monoisotopic (exact) mass is 270 g/mol. The molecule has 0 atom stereocenters. The van der Waals surface area contributed by atoms with Gasteiger partial charge in [-0.05, 0) is 19.9 Å². The topological polar surface area (TPSA) is 56.7 Å². The third kappa shape index (κ3) is 2.69. The molecule has 7 heteroatoms. The number of nitrogens with two attached hydrogens (primary N) is 1. The van der Waals surface area contributed by atoms with Crippen LogP contribution in [0.2, 0.25) is 0 Å². The molecule has 0 aliphatic rings. The molecule has 0 aliphatic heterocycles. The zero-order valence-corrected chi connectivity index (χ0v) is 10.4. The van der Waals surface area contributed by atoms with E-state index in [1.807, 2.05) is 13.8 Å². The summed E-state index contributed by atoms with van der Waals surface area (Å²) in [6.07, 6.45) is 0.0208. The highest BCUT2D eigenvalue weighted by Crippen LogP contribution is 2.34. The molecule has 0 bridgehead atoms. The Morgan fingerprint density at radius 2 is 1.95 bits per heavy atom. The van der Waals surface area contributed by atoms with Crippen molar-refractivity contribution in [2.24, 2.45) is 0 Å². The summed E-state index contributed by atoms with van der Waals surface area (Å²) in [4.78, 5) is 7.66. The van der Waals surface area contributed by atoms with E-state index in [0.717, 1.165) is 6.07 Å². The maximum Gasteiger partial charge on any atom is 0.419 e. The standard InChI is InChI=1S/C12H13F3N4/c1-7(2)19-5-10(18-6-19)8-3-9(12(13,14)15)11(16)17-4-8/h3-7H,1-2H3,(H2,16,17). The van der Waals surface area contributed by atoms with Crippen LogP contribution in [0.4, 0.5) is 19.0 Å². The van der Waals surface area contributed by atoms with Crippen LogP contribution in [0.3, 0.4) is 0 Å². The average molecular weight is 270 g/mol. The number of alkyl halides is 3. The highest BCUT2D eigenvalue weighted by molar-refractivity contribution is 5.61. The third-order valence-electron chi connectivity index (χ3n) is 2.72. The maximum absolute atomic E-state index is 12.7. The molecule has 0 aliphatic carbocycles. The first-order valence-corrected chi connectivity index (χ1v) is 5.65. The number of aromatic nitrogens is 3. The molecule has 0 aromatic carbocycles. The first-order chi connectivity index (χ1) is 8.79. The van der Waals surface area contributed by atoms with Crippen LogP contribution in [0.25, 0.3) is 11.3 Å². The van der Waals surface area contributed by atoms with Crippen LogP contribution in [0.15, 0.2) is 24.8 Å². The van der Waals surface area contributed by atoms with Crippen molar-refractivity contribution in [3.63, 3.8) is 0 Å². The lowest BCUT2D eigenvalue weighted by Gasteiger charge is -2.10. The van der Waals surface area contributed by atoms with Gasteiger partial charge in [0.25, 0.3) is 0 Å². The minimum Gasteiger partial charge on any atom is -0.383 e. The Morgan fingerprint density at radius 1 is 1.26 bits per heavy atom. The van der Waals surface area contributed by atoms with E-state index < -0.39 is 17.6 Å². The van der Waals surface area contributed by atoms with Crippen LogP contribution in [-0.4, -0.2) is 14.5 Å². The van der Waals surface area contributed by atoms with Crippen molar-refractivity contribution in [3.05, 3.63) is 30.4 Å². The summed E-state index contributed by atoms with van der Waals surface area (Å²) in [5.74, 6) is -0.528. The molecular formula is C12H13F3N4. The smallest absolute Gasteiger partial charge is 0.383 e. The number of rotatable bonds is 2. The molecule has 0 saturated carbocycles. The molecule has 2 N–H and O–H groups in total. The van der Waals surface area contributed by atoms with Crippen LogP contribution in [0.5, 0.6) is 0 Å². The lowest BCUT2D eigenvalue weighted by atomic mass is 10.1. The lowest BCUT2D eigenvalue weighted by Crippen LogP contribution is -2.10. The van der Waals surface area contributed by atoms with Gasteiger partial charge in [0.1, 0.15) is 5.82 Å². The number of halogens is 3. The second-order valence-electron chi connectivity index (χ2n) is 4.45. The Hall–Kier alpha value is -2.05. The van der Waals surface area contributed by atoms with Crippen LogP contribution in [0, 0.1) is 0 Å². The van der Waals surface area contributed by atoms with E-state index in [1.165, 1.54) is 6.20 Å². The summed E-state index contributed by atoms with van der Waals surface area (Å²) in [6, 6.07) is 1.15. The first-order valence-electron chi connectivity index (χ1n) is 5.65. The average Bonchev–Trinajstić information content (AvgIpc) is 2.77. The van der Waals surface area contributed by atoms with Crippen LogP contribution < -0.4 is 5.73 Å². The number of nitrogens with zero attached hydrogens (tertiary/aromatic N) is 3. The third-order valence-corrected chi connectivity index (χ3v) is 2.72. The van der Waals surface area contributed by atoms with Crippen molar-refractivity contribution in [2.45, 2.75) is 26.1 Å². The van der Waals surface area contributed by atoms with Gasteiger partial charge in [0.05, 0.1) is 17.6 Å². The minimum atomic E-state index is -4.52. The van der Waals surface area contributed by atoms with E-state index in [2.05, 4.69) is 9.97 Å². The van der Waals surface area contributed by atoms with Gasteiger partial charge in [-0.3, -0.25) is 0 Å². The second-order valence-corrected chi connectivity index (χ2v) is 4.45. The molecule has 19 heavy (non-hydrogen) atoms. The highest BCUT2D eigenvalue weighted by Gasteiger charge is 2.34. The number of nitrogen functional groups attached to an aromatic ring is 1. The van der Waals surface area contributed by atoms with Crippen LogP contribution in [0.1, 0.15) is 25.5 Å². The van der Waals surface area contributed by atoms with Crippen LogP contribution >= 0.6 is 0 Å². The zero-order valence-electron chi connectivity index (χ0n) is 10.4. The zero-order chi connectivity index (χ0) is 14.2. The van der Waals surface area contributed by atoms with E-state index in [9.17, 15) is 13.2 Å². The van der Waals surface area contributed by atoms with Gasteiger partial charge >= 0.3 is 6.18 Å². The van der Waals surface area contributed by atoms with Crippen molar-refractivity contribution < 1.29 is 13.2 Å². The number of anilines is 1. The van der Waals surface area contributed by atoms with Gasteiger partial charge in [0, 0.05) is 24.0 Å². The quantitative estimate of drug-likeness (QED) is 0.912. The van der Waals surface area contributed by atoms with Gasteiger partial charge in [0.2, 0.25) is 0 Å². The predicted molar refractivity (Wildman–Crippen MR) is 65.3 cm³/mol. The number of pyridine rings is 1. The maximum atomic E-state index is 12.7. The number of hydrogen-bond donors (Lipinski definition) is 1. The fraction of sp³-hybridized carbons (Fsp3) is 0.333. The fourth-order valence-corrected chi connectivity index (χ4v) is 1.61.